The van der Waals surface area contributed by atoms with Gasteiger partial charge < -0.3 is 0 Å². The average Bonchev–Trinajstić information content (AvgIpc) is 2.76. The predicted octanol–water partition coefficient (Wildman–Crippen LogP) is 5.18. The lowest BCUT2D eigenvalue weighted by Crippen LogP contribution is -1.84. The highest BCUT2D eigenvalue weighted by Crippen LogP contribution is 2.39. The molecule has 0 aromatic carbocycles. The van der Waals surface area contributed by atoms with Gasteiger partial charge in [-0.1, -0.05) is 0 Å². The van der Waals surface area contributed by atoms with Crippen LogP contribution in [0.4, 0.5) is 0 Å². The van der Waals surface area contributed by atoms with E-state index in [1.54, 1.807) is 22.7 Å². The molecule has 0 bridgehead atoms. The van der Waals surface area contributed by atoms with E-state index < -0.39 is 0 Å². The molecule has 0 spiro atoms. The van der Waals surface area contributed by atoms with Crippen LogP contribution in [0.3, 0.4) is 0 Å². The predicted molar refractivity (Wildman–Crippen MR) is 75.3 cm³/mol. The Morgan fingerprint density at radius 2 is 2.20 bits per heavy atom. The van der Waals surface area contributed by atoms with Crippen LogP contribution < -0.4 is 0 Å². The maximum absolute atomic E-state index is 5.67. The van der Waals surface area contributed by atoms with Crippen molar-refractivity contribution in [3.63, 3.8) is 0 Å². The van der Waals surface area contributed by atoms with Crippen molar-refractivity contribution in [2.45, 2.75) is 6.42 Å². The lowest BCUT2D eigenvalue weighted by Gasteiger charge is -1.88. The molecular weight excluding hydrogens is 382 g/mol. The summed E-state index contributed by atoms with van der Waals surface area (Å²) in [6.45, 7) is 0. The van der Waals surface area contributed by atoms with E-state index in [1.165, 1.54) is 4.88 Å². The first-order chi connectivity index (χ1) is 7.20. The summed E-state index contributed by atoms with van der Waals surface area (Å²) in [5.41, 5.74) is 1.07. The molecule has 2 heterocycles. The zero-order valence-corrected chi connectivity index (χ0v) is 13.0. The van der Waals surface area contributed by atoms with Gasteiger partial charge in [-0.3, -0.25) is 0 Å². The van der Waals surface area contributed by atoms with Crippen LogP contribution in [-0.4, -0.2) is 10.9 Å². The number of aromatic nitrogens is 1. The van der Waals surface area contributed by atoms with E-state index in [0.29, 0.717) is 5.88 Å². The molecule has 0 atom stereocenters. The summed E-state index contributed by atoms with van der Waals surface area (Å²) in [5.74, 6) is 0.626. The van der Waals surface area contributed by atoms with Gasteiger partial charge in [0, 0.05) is 22.2 Å². The van der Waals surface area contributed by atoms with Gasteiger partial charge in [0.25, 0.3) is 0 Å². The number of thiazole rings is 1. The van der Waals surface area contributed by atoms with E-state index in [2.05, 4.69) is 48.3 Å². The first-order valence-corrected chi connectivity index (χ1v) is 7.98. The van der Waals surface area contributed by atoms with E-state index in [9.17, 15) is 0 Å². The fraction of sp³-hybridized carbons (Fsp3) is 0.222. The molecule has 0 unspecified atom stereocenters. The molecule has 0 radical (unpaired) electrons. The van der Waals surface area contributed by atoms with Crippen LogP contribution in [0.2, 0.25) is 0 Å². The van der Waals surface area contributed by atoms with E-state index in [4.69, 9.17) is 11.6 Å². The number of nitrogens with zero attached hydrogens (tertiary/aromatic N) is 1. The maximum atomic E-state index is 5.67. The van der Waals surface area contributed by atoms with Gasteiger partial charge in [0.2, 0.25) is 0 Å². The minimum absolute atomic E-state index is 0.626. The van der Waals surface area contributed by atoms with Gasteiger partial charge in [-0.25, -0.2) is 4.98 Å². The molecule has 0 aliphatic heterocycles. The summed E-state index contributed by atoms with van der Waals surface area (Å²) in [4.78, 5) is 5.71. The third-order valence-corrected chi connectivity index (χ3v) is 6.26. The second kappa shape index (κ2) is 5.27. The summed E-state index contributed by atoms with van der Waals surface area (Å²) in [5, 5.41) is 3.13. The fourth-order valence-corrected chi connectivity index (χ4v) is 4.23. The van der Waals surface area contributed by atoms with Crippen molar-refractivity contribution in [1.82, 2.24) is 4.98 Å². The summed E-state index contributed by atoms with van der Waals surface area (Å²) >= 11 is 16.0. The second-order valence-electron chi connectivity index (χ2n) is 2.82. The molecule has 6 heteroatoms. The van der Waals surface area contributed by atoms with Gasteiger partial charge in [0.05, 0.1) is 14.4 Å². The Balaban J connectivity index is 2.28. The third kappa shape index (κ3) is 2.82. The third-order valence-electron chi connectivity index (χ3n) is 1.76. The van der Waals surface area contributed by atoms with Gasteiger partial charge in [-0.15, -0.1) is 34.3 Å². The number of hydrogen-bond donors (Lipinski definition) is 0. The van der Waals surface area contributed by atoms with Crippen molar-refractivity contribution < 1.29 is 0 Å². The largest absolute Gasteiger partial charge is 0.240 e. The molecule has 15 heavy (non-hydrogen) atoms. The number of aryl methyl sites for hydroxylation is 1. The Hall–Kier alpha value is 0.580. The maximum Gasteiger partial charge on any atom is 0.133 e. The van der Waals surface area contributed by atoms with Gasteiger partial charge in [-0.2, -0.15) is 0 Å². The van der Waals surface area contributed by atoms with E-state index in [1.807, 2.05) is 0 Å². The second-order valence-corrected chi connectivity index (χ2v) is 7.28. The molecule has 2 rings (SSSR count). The highest BCUT2D eigenvalue weighted by atomic mass is 79.9. The van der Waals surface area contributed by atoms with Crippen molar-refractivity contribution >= 4 is 66.1 Å². The first-order valence-electron chi connectivity index (χ1n) is 4.16. The normalized spacial score (nSPS) is 10.9. The van der Waals surface area contributed by atoms with Crippen LogP contribution in [0.25, 0.3) is 9.88 Å². The van der Waals surface area contributed by atoms with Gasteiger partial charge in [0.15, 0.2) is 0 Å². The molecule has 0 saturated carbocycles. The average molecular weight is 388 g/mol. The fourth-order valence-electron chi connectivity index (χ4n) is 1.08. The standard InChI is InChI=1S/C9H6Br2ClNS2/c10-6-3-7(15-8(6)11)9-13-5(1-2-12)4-14-9/h3-4H,1-2H2. The zero-order valence-electron chi connectivity index (χ0n) is 7.47. The number of alkyl halides is 1. The molecule has 0 fully saturated rings. The van der Waals surface area contributed by atoms with Crippen molar-refractivity contribution in [2.24, 2.45) is 0 Å². The molecule has 80 valence electrons. The Kier molecular flexibility index (Phi) is 4.24. The van der Waals surface area contributed by atoms with Gasteiger partial charge >= 0.3 is 0 Å². The van der Waals surface area contributed by atoms with Crippen LogP contribution in [-0.2, 0) is 6.42 Å². The molecule has 2 aromatic rings. The summed E-state index contributed by atoms with van der Waals surface area (Å²) in [6, 6.07) is 2.08. The Morgan fingerprint density at radius 1 is 1.40 bits per heavy atom. The topological polar surface area (TPSA) is 12.9 Å². The van der Waals surface area contributed by atoms with E-state index in [-0.39, 0.29) is 0 Å². The lowest BCUT2D eigenvalue weighted by molar-refractivity contribution is 1.07. The molecule has 1 nitrogen and oxygen atoms in total. The SMILES string of the molecule is ClCCc1csc(-c2cc(Br)c(Br)s2)n1. The highest BCUT2D eigenvalue weighted by molar-refractivity contribution is 9.13. The first kappa shape index (κ1) is 12.0. The quantitative estimate of drug-likeness (QED) is 0.662. The Labute approximate surface area is 118 Å². The number of hydrogen-bond acceptors (Lipinski definition) is 3. The van der Waals surface area contributed by atoms with Crippen molar-refractivity contribution in [1.29, 1.82) is 0 Å². The number of rotatable bonds is 3. The molecule has 0 amide bonds. The molecule has 0 aliphatic rings. The molecule has 0 N–H and O–H groups in total. The van der Waals surface area contributed by atoms with Crippen LogP contribution in [0, 0.1) is 0 Å². The highest BCUT2D eigenvalue weighted by Gasteiger charge is 2.09. The van der Waals surface area contributed by atoms with Crippen molar-refractivity contribution in [3.05, 3.63) is 25.4 Å². The summed E-state index contributed by atoms with van der Waals surface area (Å²) in [7, 11) is 0. The molecule has 2 aromatic heterocycles. The van der Waals surface area contributed by atoms with Crippen molar-refractivity contribution in [3.8, 4) is 9.88 Å². The van der Waals surface area contributed by atoms with Crippen LogP contribution in [0.1, 0.15) is 5.69 Å². The smallest absolute Gasteiger partial charge is 0.133 e. The van der Waals surface area contributed by atoms with E-state index in [0.717, 1.165) is 25.4 Å². The Bertz CT molecular complexity index is 447. The monoisotopic (exact) mass is 385 g/mol. The number of halogens is 3. The van der Waals surface area contributed by atoms with E-state index >= 15 is 0 Å². The lowest BCUT2D eigenvalue weighted by atomic mass is 10.4. The molecule has 0 saturated heterocycles. The van der Waals surface area contributed by atoms with Crippen LogP contribution >= 0.6 is 66.1 Å². The summed E-state index contributed by atoms with van der Waals surface area (Å²) < 4.78 is 2.18. The van der Waals surface area contributed by atoms with Crippen LogP contribution in [0.5, 0.6) is 0 Å². The van der Waals surface area contributed by atoms with Crippen molar-refractivity contribution in [2.75, 3.05) is 5.88 Å². The zero-order chi connectivity index (χ0) is 10.8. The molecular formula is C9H6Br2ClNS2. The van der Waals surface area contributed by atoms with Gasteiger partial charge in [-0.05, 0) is 37.9 Å². The minimum atomic E-state index is 0.626. The number of thiophene rings is 1. The summed E-state index contributed by atoms with van der Waals surface area (Å²) in [6.07, 6.45) is 0.839. The van der Waals surface area contributed by atoms with Gasteiger partial charge in [0.1, 0.15) is 5.01 Å². The molecule has 0 aliphatic carbocycles. The van der Waals surface area contributed by atoms with Crippen LogP contribution in [0.15, 0.2) is 19.7 Å². The Morgan fingerprint density at radius 3 is 2.80 bits per heavy atom. The minimum Gasteiger partial charge on any atom is -0.240 e.